The Morgan fingerprint density at radius 1 is 1.03 bits per heavy atom. The predicted molar refractivity (Wildman–Crippen MR) is 148 cm³/mol. The lowest BCUT2D eigenvalue weighted by molar-refractivity contribution is -0.117. The molecule has 7 heteroatoms. The summed E-state index contributed by atoms with van der Waals surface area (Å²) in [4.78, 5) is 28.3. The number of carbonyl (C=O) groups excluding carboxylic acids is 2. The van der Waals surface area contributed by atoms with Crippen molar-refractivity contribution in [3.05, 3.63) is 101 Å². The topological polar surface area (TPSA) is 82.4 Å². The summed E-state index contributed by atoms with van der Waals surface area (Å²) in [7, 11) is 1.61. The number of benzene rings is 3. The lowest BCUT2D eigenvalue weighted by atomic mass is 10.1. The van der Waals surface area contributed by atoms with Crippen molar-refractivity contribution in [2.45, 2.75) is 37.9 Å². The molecule has 1 atom stereocenters. The summed E-state index contributed by atoms with van der Waals surface area (Å²) < 4.78 is 5.23. The highest BCUT2D eigenvalue weighted by molar-refractivity contribution is 8.05. The first-order chi connectivity index (χ1) is 18.0. The van der Waals surface area contributed by atoms with Crippen molar-refractivity contribution in [1.82, 2.24) is 0 Å². The number of amides is 2. The molecule has 188 valence electrons. The highest BCUT2D eigenvalue weighted by Crippen LogP contribution is 2.42. The number of hydrogen-bond donors (Lipinski definition) is 1. The van der Waals surface area contributed by atoms with Gasteiger partial charge in [-0.15, -0.1) is 0 Å². The second kappa shape index (κ2) is 12.3. The Bertz CT molecular complexity index is 1310. The molecule has 0 radical (unpaired) electrons. The number of nitrogens with one attached hydrogen (secondary N) is 1. The molecule has 3 aromatic carbocycles. The molecule has 37 heavy (non-hydrogen) atoms. The van der Waals surface area contributed by atoms with Gasteiger partial charge in [0.05, 0.1) is 12.4 Å². The first-order valence-electron chi connectivity index (χ1n) is 12.3. The second-order valence-corrected chi connectivity index (χ2v) is 9.91. The zero-order chi connectivity index (χ0) is 26.2. The van der Waals surface area contributed by atoms with Crippen LogP contribution in [0.4, 0.5) is 11.4 Å². The molecule has 0 aliphatic carbocycles. The summed E-state index contributed by atoms with van der Waals surface area (Å²) in [6.07, 6.45) is 3.67. The molecule has 1 aliphatic heterocycles. The van der Waals surface area contributed by atoms with E-state index in [0.29, 0.717) is 22.8 Å². The van der Waals surface area contributed by atoms with Crippen LogP contribution in [0.25, 0.3) is 0 Å². The minimum absolute atomic E-state index is 0.0884. The lowest BCUT2D eigenvalue weighted by Crippen LogP contribution is -2.30. The highest BCUT2D eigenvalue weighted by Gasteiger charge is 2.40. The number of anilines is 2. The van der Waals surface area contributed by atoms with Crippen LogP contribution in [0, 0.1) is 11.3 Å². The van der Waals surface area contributed by atoms with E-state index in [1.165, 1.54) is 22.2 Å². The third-order valence-electron chi connectivity index (χ3n) is 6.13. The lowest BCUT2D eigenvalue weighted by Gasteiger charge is -2.18. The van der Waals surface area contributed by atoms with Gasteiger partial charge in [-0.1, -0.05) is 67.6 Å². The molecule has 0 bridgehead atoms. The number of hydrogen-bond acceptors (Lipinski definition) is 5. The summed E-state index contributed by atoms with van der Waals surface area (Å²) in [5.41, 5.74) is 3.30. The monoisotopic (exact) mass is 511 g/mol. The average molecular weight is 512 g/mol. The van der Waals surface area contributed by atoms with E-state index in [4.69, 9.17) is 4.74 Å². The largest absolute Gasteiger partial charge is 0.497 e. The predicted octanol–water partition coefficient (Wildman–Crippen LogP) is 6.10. The van der Waals surface area contributed by atoms with Crippen LogP contribution in [0.5, 0.6) is 5.75 Å². The van der Waals surface area contributed by atoms with E-state index in [9.17, 15) is 14.9 Å². The SMILES string of the molecule is CCCCc1ccc(NC(=O)C(C#N)=C2SC(Cc3ccc(OC)cc3)C(=O)N2c2ccccc2)cc1. The van der Waals surface area contributed by atoms with Crippen LogP contribution in [0.2, 0.25) is 0 Å². The van der Waals surface area contributed by atoms with Crippen LogP contribution in [-0.2, 0) is 22.4 Å². The van der Waals surface area contributed by atoms with Crippen LogP contribution >= 0.6 is 11.8 Å². The molecule has 4 rings (SSSR count). The fraction of sp³-hybridized carbons (Fsp3) is 0.233. The van der Waals surface area contributed by atoms with Gasteiger partial charge in [-0.2, -0.15) is 5.26 Å². The molecular weight excluding hydrogens is 482 g/mol. The summed E-state index contributed by atoms with van der Waals surface area (Å²) in [6.45, 7) is 2.15. The second-order valence-electron chi connectivity index (χ2n) is 8.71. The Morgan fingerprint density at radius 3 is 2.32 bits per heavy atom. The number of unbranched alkanes of at least 4 members (excludes halogenated alkanes) is 1. The third-order valence-corrected chi connectivity index (χ3v) is 7.39. The zero-order valence-electron chi connectivity index (χ0n) is 20.9. The average Bonchev–Trinajstić information content (AvgIpc) is 3.24. The molecule has 3 aromatic rings. The maximum atomic E-state index is 13.6. The van der Waals surface area contributed by atoms with E-state index in [1.54, 1.807) is 19.2 Å². The number of rotatable bonds is 9. The third kappa shape index (κ3) is 6.22. The summed E-state index contributed by atoms with van der Waals surface area (Å²) in [5, 5.41) is 12.7. The molecule has 0 spiro atoms. The number of nitrogens with zero attached hydrogens (tertiary/aromatic N) is 2. The maximum Gasteiger partial charge on any atom is 0.269 e. The van der Waals surface area contributed by atoms with E-state index in [-0.39, 0.29) is 11.5 Å². The van der Waals surface area contributed by atoms with Crippen LogP contribution in [0.3, 0.4) is 0 Å². The van der Waals surface area contributed by atoms with Gasteiger partial charge in [0.2, 0.25) is 5.91 Å². The van der Waals surface area contributed by atoms with Crippen LogP contribution in [-0.4, -0.2) is 24.2 Å². The molecule has 1 saturated heterocycles. The normalized spacial score (nSPS) is 16.3. The van der Waals surface area contributed by atoms with Gasteiger partial charge >= 0.3 is 0 Å². The number of carbonyl (C=O) groups is 2. The summed E-state index contributed by atoms with van der Waals surface area (Å²) >= 11 is 1.25. The van der Waals surface area contributed by atoms with Crippen molar-refractivity contribution in [2.24, 2.45) is 0 Å². The Kier molecular flexibility index (Phi) is 8.65. The highest BCUT2D eigenvalue weighted by atomic mass is 32.2. The van der Waals surface area contributed by atoms with E-state index in [1.807, 2.05) is 66.7 Å². The van der Waals surface area contributed by atoms with E-state index in [0.717, 1.165) is 30.6 Å². The van der Waals surface area contributed by atoms with Gasteiger partial charge in [-0.05, 0) is 66.8 Å². The number of thioether (sulfide) groups is 1. The molecule has 6 nitrogen and oxygen atoms in total. The van der Waals surface area contributed by atoms with Gasteiger partial charge in [0.15, 0.2) is 0 Å². The van der Waals surface area contributed by atoms with E-state index >= 15 is 0 Å². The van der Waals surface area contributed by atoms with Crippen molar-refractivity contribution >= 4 is 35.0 Å². The van der Waals surface area contributed by atoms with Gasteiger partial charge in [-0.3, -0.25) is 14.5 Å². The first kappa shape index (κ1) is 26.1. The summed E-state index contributed by atoms with van der Waals surface area (Å²) in [6, 6.07) is 26.4. The van der Waals surface area contributed by atoms with Crippen LogP contribution < -0.4 is 15.0 Å². The van der Waals surface area contributed by atoms with Gasteiger partial charge in [-0.25, -0.2) is 0 Å². The van der Waals surface area contributed by atoms with Crippen molar-refractivity contribution in [3.63, 3.8) is 0 Å². The van der Waals surface area contributed by atoms with Gasteiger partial charge in [0.1, 0.15) is 22.4 Å². The van der Waals surface area contributed by atoms with Crippen molar-refractivity contribution in [1.29, 1.82) is 5.26 Å². The molecule has 1 fully saturated rings. The molecule has 1 heterocycles. The van der Waals surface area contributed by atoms with Crippen molar-refractivity contribution < 1.29 is 14.3 Å². The standard InChI is InChI=1S/C30H29N3O3S/c1-3-4-8-21-11-15-23(16-12-21)32-28(34)26(20-31)30-33(24-9-6-5-7-10-24)29(35)27(37-30)19-22-13-17-25(36-2)18-14-22/h5-7,9-18,27H,3-4,8,19H2,1-2H3,(H,32,34). The van der Waals surface area contributed by atoms with Gasteiger partial charge in [0.25, 0.3) is 5.91 Å². The van der Waals surface area contributed by atoms with E-state index in [2.05, 4.69) is 18.3 Å². The molecular formula is C30H29N3O3S. The minimum atomic E-state index is -0.537. The maximum absolute atomic E-state index is 13.6. The Hall–Kier alpha value is -4.02. The Labute approximate surface area is 221 Å². The molecule has 1 unspecified atom stereocenters. The van der Waals surface area contributed by atoms with Gasteiger partial charge in [0, 0.05) is 11.4 Å². The molecule has 0 saturated carbocycles. The number of ether oxygens (including phenoxy) is 1. The molecule has 2 amide bonds. The molecule has 1 aliphatic rings. The van der Waals surface area contributed by atoms with E-state index < -0.39 is 11.2 Å². The number of methoxy groups -OCH3 is 1. The first-order valence-corrected chi connectivity index (χ1v) is 13.1. The van der Waals surface area contributed by atoms with Crippen LogP contribution in [0.1, 0.15) is 30.9 Å². The zero-order valence-corrected chi connectivity index (χ0v) is 21.8. The fourth-order valence-electron chi connectivity index (χ4n) is 4.10. The quantitative estimate of drug-likeness (QED) is 0.277. The van der Waals surface area contributed by atoms with Crippen molar-refractivity contribution in [2.75, 3.05) is 17.3 Å². The number of nitriles is 1. The molecule has 1 N–H and O–H groups in total. The number of para-hydroxylation sites is 1. The smallest absolute Gasteiger partial charge is 0.269 e. The fourth-order valence-corrected chi connectivity index (χ4v) is 5.41. The summed E-state index contributed by atoms with van der Waals surface area (Å²) in [5.74, 6) is 0.0375. The number of aryl methyl sites for hydroxylation is 1. The van der Waals surface area contributed by atoms with Crippen molar-refractivity contribution in [3.8, 4) is 11.8 Å². The minimum Gasteiger partial charge on any atom is -0.497 e. The molecule has 0 aromatic heterocycles. The Balaban J connectivity index is 1.62. The van der Waals surface area contributed by atoms with Crippen LogP contribution in [0.15, 0.2) is 89.5 Å². The van der Waals surface area contributed by atoms with Gasteiger partial charge < -0.3 is 10.1 Å². The Morgan fingerprint density at radius 2 is 1.70 bits per heavy atom.